The molecule has 1 aliphatic carbocycles. The van der Waals surface area contributed by atoms with Gasteiger partial charge in [-0.1, -0.05) is 36.2 Å². The fraction of sp³-hybridized carbons (Fsp3) is 0.500. The number of aryl methyl sites for hydroxylation is 1. The highest BCUT2D eigenvalue weighted by Gasteiger charge is 2.38. The van der Waals surface area contributed by atoms with Crippen LogP contribution >= 0.6 is 0 Å². The summed E-state index contributed by atoms with van der Waals surface area (Å²) >= 11 is 0. The van der Waals surface area contributed by atoms with Crippen molar-refractivity contribution in [1.82, 2.24) is 0 Å². The van der Waals surface area contributed by atoms with Gasteiger partial charge in [0.15, 0.2) is 5.78 Å². The average molecular weight is 260 g/mol. The molecule has 0 heterocycles. The Morgan fingerprint density at radius 1 is 1.16 bits per heavy atom. The zero-order valence-corrected chi connectivity index (χ0v) is 11.5. The summed E-state index contributed by atoms with van der Waals surface area (Å²) in [6.07, 6.45) is 2.48. The molecule has 0 bridgehead atoms. The van der Waals surface area contributed by atoms with E-state index in [-0.39, 0.29) is 23.6 Å². The van der Waals surface area contributed by atoms with Gasteiger partial charge in [-0.2, -0.15) is 0 Å². The maximum atomic E-state index is 12.5. The number of carbonyl (C=O) groups is 2. The summed E-state index contributed by atoms with van der Waals surface area (Å²) in [5.41, 5.74) is 1.83. The van der Waals surface area contributed by atoms with Gasteiger partial charge in [-0.25, -0.2) is 0 Å². The normalized spacial score (nSPS) is 22.2. The van der Waals surface area contributed by atoms with Crippen LogP contribution in [0.4, 0.5) is 0 Å². The highest BCUT2D eigenvalue weighted by atomic mass is 16.5. The van der Waals surface area contributed by atoms with E-state index in [4.69, 9.17) is 4.74 Å². The topological polar surface area (TPSA) is 43.4 Å². The molecule has 0 amide bonds. The van der Waals surface area contributed by atoms with E-state index in [0.717, 1.165) is 24.8 Å². The number of carbonyl (C=O) groups excluding carboxylic acids is 2. The SMILES string of the molecule is CCOC(=O)[C@H]1CCC[C@H]1C(=O)c1ccc(C)cc1. The molecule has 0 N–H and O–H groups in total. The standard InChI is InChI=1S/C16H20O3/c1-3-19-16(18)14-6-4-5-13(14)15(17)12-9-7-11(2)8-10-12/h7-10,13-14H,3-6H2,1-2H3/t13-,14+/m1/s1. The van der Waals surface area contributed by atoms with Crippen molar-refractivity contribution >= 4 is 11.8 Å². The van der Waals surface area contributed by atoms with Gasteiger partial charge in [-0.05, 0) is 26.7 Å². The first-order valence-corrected chi connectivity index (χ1v) is 6.91. The van der Waals surface area contributed by atoms with E-state index in [2.05, 4.69) is 0 Å². The number of benzene rings is 1. The Kier molecular flexibility index (Phi) is 4.35. The Balaban J connectivity index is 2.13. The molecule has 0 unspecified atom stereocenters. The highest BCUT2D eigenvalue weighted by molar-refractivity contribution is 6.00. The third-order valence-electron chi connectivity index (χ3n) is 3.78. The third kappa shape index (κ3) is 3.03. The minimum atomic E-state index is -0.256. The van der Waals surface area contributed by atoms with E-state index < -0.39 is 0 Å². The molecular weight excluding hydrogens is 240 g/mol. The van der Waals surface area contributed by atoms with Gasteiger partial charge in [0.25, 0.3) is 0 Å². The Bertz CT molecular complexity index is 461. The molecule has 102 valence electrons. The van der Waals surface area contributed by atoms with Crippen molar-refractivity contribution in [2.24, 2.45) is 11.8 Å². The Morgan fingerprint density at radius 3 is 2.42 bits per heavy atom. The van der Waals surface area contributed by atoms with E-state index >= 15 is 0 Å². The number of hydrogen-bond donors (Lipinski definition) is 0. The number of esters is 1. The zero-order valence-electron chi connectivity index (χ0n) is 11.5. The molecule has 1 saturated carbocycles. The monoisotopic (exact) mass is 260 g/mol. The molecule has 3 heteroatoms. The number of ether oxygens (including phenoxy) is 1. The van der Waals surface area contributed by atoms with Gasteiger partial charge in [0, 0.05) is 11.5 Å². The van der Waals surface area contributed by atoms with E-state index in [9.17, 15) is 9.59 Å². The predicted molar refractivity (Wildman–Crippen MR) is 73.0 cm³/mol. The fourth-order valence-electron chi connectivity index (χ4n) is 2.74. The van der Waals surface area contributed by atoms with Gasteiger partial charge in [-0.3, -0.25) is 9.59 Å². The van der Waals surface area contributed by atoms with Gasteiger partial charge < -0.3 is 4.74 Å². The third-order valence-corrected chi connectivity index (χ3v) is 3.78. The summed E-state index contributed by atoms with van der Waals surface area (Å²) in [5.74, 6) is -0.600. The summed E-state index contributed by atoms with van der Waals surface area (Å²) in [6, 6.07) is 7.56. The van der Waals surface area contributed by atoms with Gasteiger partial charge in [0.2, 0.25) is 0 Å². The average Bonchev–Trinajstić information content (AvgIpc) is 2.88. The van der Waals surface area contributed by atoms with Crippen LogP contribution in [0.2, 0.25) is 0 Å². The Labute approximate surface area is 114 Å². The number of ketones is 1. The molecule has 0 radical (unpaired) electrons. The van der Waals surface area contributed by atoms with Gasteiger partial charge >= 0.3 is 5.97 Å². The van der Waals surface area contributed by atoms with Crippen molar-refractivity contribution in [3.8, 4) is 0 Å². The lowest BCUT2D eigenvalue weighted by Gasteiger charge is -2.17. The maximum Gasteiger partial charge on any atom is 0.309 e. The quantitative estimate of drug-likeness (QED) is 0.617. The van der Waals surface area contributed by atoms with E-state index in [0.29, 0.717) is 12.2 Å². The largest absolute Gasteiger partial charge is 0.466 e. The first kappa shape index (κ1) is 13.8. The molecule has 2 atom stereocenters. The second-order valence-electron chi connectivity index (χ2n) is 5.13. The molecule has 0 aromatic heterocycles. The van der Waals surface area contributed by atoms with Gasteiger partial charge in [-0.15, -0.1) is 0 Å². The molecule has 1 aromatic rings. The molecular formula is C16H20O3. The van der Waals surface area contributed by atoms with Crippen LogP contribution in [0, 0.1) is 18.8 Å². The molecule has 1 fully saturated rings. The molecule has 1 aliphatic rings. The van der Waals surface area contributed by atoms with E-state index in [1.807, 2.05) is 31.2 Å². The van der Waals surface area contributed by atoms with Crippen LogP contribution < -0.4 is 0 Å². The first-order valence-electron chi connectivity index (χ1n) is 6.91. The van der Waals surface area contributed by atoms with Crippen molar-refractivity contribution in [2.75, 3.05) is 6.61 Å². The van der Waals surface area contributed by atoms with Crippen LogP contribution in [-0.2, 0) is 9.53 Å². The lowest BCUT2D eigenvalue weighted by molar-refractivity contribution is -0.148. The smallest absolute Gasteiger partial charge is 0.309 e. The minimum Gasteiger partial charge on any atom is -0.466 e. The molecule has 0 saturated heterocycles. The summed E-state index contributed by atoms with van der Waals surface area (Å²) in [7, 11) is 0. The van der Waals surface area contributed by atoms with Crippen LogP contribution in [0.25, 0.3) is 0 Å². The summed E-state index contributed by atoms with van der Waals surface area (Å²) in [6.45, 7) is 4.16. The van der Waals surface area contributed by atoms with E-state index in [1.54, 1.807) is 6.92 Å². The number of hydrogen-bond acceptors (Lipinski definition) is 3. The maximum absolute atomic E-state index is 12.5. The molecule has 1 aromatic carbocycles. The predicted octanol–water partition coefficient (Wildman–Crippen LogP) is 3.16. The highest BCUT2D eigenvalue weighted by Crippen LogP contribution is 2.35. The Morgan fingerprint density at radius 2 is 1.79 bits per heavy atom. The number of rotatable bonds is 4. The molecule has 3 nitrogen and oxygen atoms in total. The summed E-state index contributed by atoms with van der Waals surface area (Å²) < 4.78 is 5.07. The van der Waals surface area contributed by atoms with Gasteiger partial charge in [0.1, 0.15) is 0 Å². The lowest BCUT2D eigenvalue weighted by Crippen LogP contribution is -2.27. The minimum absolute atomic E-state index is 0.0792. The van der Waals surface area contributed by atoms with Crippen LogP contribution in [0.5, 0.6) is 0 Å². The first-order chi connectivity index (χ1) is 9.13. The second kappa shape index (κ2) is 6.00. The molecule has 0 spiro atoms. The van der Waals surface area contributed by atoms with Crippen molar-refractivity contribution in [2.45, 2.75) is 33.1 Å². The van der Waals surface area contributed by atoms with Crippen LogP contribution in [0.1, 0.15) is 42.1 Å². The summed E-state index contributed by atoms with van der Waals surface area (Å²) in [4.78, 5) is 24.3. The number of Topliss-reactive ketones (excluding diaryl/α,β-unsaturated/α-hetero) is 1. The van der Waals surface area contributed by atoms with Crippen molar-refractivity contribution < 1.29 is 14.3 Å². The molecule has 2 rings (SSSR count). The van der Waals surface area contributed by atoms with Crippen LogP contribution in [0.3, 0.4) is 0 Å². The lowest BCUT2D eigenvalue weighted by atomic mass is 9.88. The van der Waals surface area contributed by atoms with E-state index in [1.165, 1.54) is 0 Å². The summed E-state index contributed by atoms with van der Waals surface area (Å²) in [5, 5.41) is 0. The van der Waals surface area contributed by atoms with Crippen molar-refractivity contribution in [1.29, 1.82) is 0 Å². The second-order valence-corrected chi connectivity index (χ2v) is 5.13. The molecule has 19 heavy (non-hydrogen) atoms. The van der Waals surface area contributed by atoms with Crippen molar-refractivity contribution in [3.05, 3.63) is 35.4 Å². The van der Waals surface area contributed by atoms with Gasteiger partial charge in [0.05, 0.1) is 12.5 Å². The van der Waals surface area contributed by atoms with Crippen molar-refractivity contribution in [3.63, 3.8) is 0 Å². The molecule has 0 aliphatic heterocycles. The van der Waals surface area contributed by atoms with Crippen LogP contribution in [-0.4, -0.2) is 18.4 Å². The van der Waals surface area contributed by atoms with Crippen LogP contribution in [0.15, 0.2) is 24.3 Å². The Hall–Kier alpha value is -1.64. The fourth-order valence-corrected chi connectivity index (χ4v) is 2.74. The zero-order chi connectivity index (χ0) is 13.8.